The highest BCUT2D eigenvalue weighted by molar-refractivity contribution is 7.14. The van der Waals surface area contributed by atoms with E-state index in [9.17, 15) is 9.90 Å². The highest BCUT2D eigenvalue weighted by Gasteiger charge is 2.16. The highest BCUT2D eigenvalue weighted by Crippen LogP contribution is 2.21. The maximum absolute atomic E-state index is 12.1. The van der Waals surface area contributed by atoms with Crippen molar-refractivity contribution >= 4 is 17.2 Å². The first-order valence-electron chi connectivity index (χ1n) is 6.15. The number of nitrogens with one attached hydrogen (secondary N) is 1. The molecule has 100 valence electrons. The van der Waals surface area contributed by atoms with Crippen molar-refractivity contribution in [3.63, 3.8) is 0 Å². The van der Waals surface area contributed by atoms with E-state index in [4.69, 9.17) is 0 Å². The predicted molar refractivity (Wildman–Crippen MR) is 77.5 cm³/mol. The van der Waals surface area contributed by atoms with Crippen LogP contribution in [0.2, 0.25) is 0 Å². The van der Waals surface area contributed by atoms with Gasteiger partial charge in [-0.2, -0.15) is 0 Å². The zero-order valence-corrected chi connectivity index (χ0v) is 11.8. The van der Waals surface area contributed by atoms with Crippen molar-refractivity contribution in [2.24, 2.45) is 0 Å². The molecule has 0 aliphatic heterocycles. The van der Waals surface area contributed by atoms with Crippen LogP contribution < -0.4 is 5.32 Å². The molecule has 0 saturated heterocycles. The van der Waals surface area contributed by atoms with Gasteiger partial charge in [-0.1, -0.05) is 30.3 Å². The number of rotatable bonds is 4. The van der Waals surface area contributed by atoms with Gasteiger partial charge in [0.2, 0.25) is 0 Å². The SMILES string of the molecule is Cc1cc(C(=O)NC(CO)c2ccccc2)sc1C. The lowest BCUT2D eigenvalue weighted by molar-refractivity contribution is 0.0920. The monoisotopic (exact) mass is 275 g/mol. The Labute approximate surface area is 116 Å². The molecule has 2 aromatic rings. The molecule has 1 aromatic heterocycles. The Kier molecular flexibility index (Phi) is 4.35. The van der Waals surface area contributed by atoms with Crippen LogP contribution >= 0.6 is 11.3 Å². The molecule has 0 fully saturated rings. The molecule has 1 unspecified atom stereocenters. The molecule has 1 atom stereocenters. The molecule has 3 nitrogen and oxygen atoms in total. The Bertz CT molecular complexity index is 543. The van der Waals surface area contributed by atoms with E-state index in [1.807, 2.05) is 50.2 Å². The predicted octanol–water partition coefficient (Wildman–Crippen LogP) is 2.83. The van der Waals surface area contributed by atoms with Gasteiger partial charge in [0, 0.05) is 4.88 Å². The lowest BCUT2D eigenvalue weighted by Crippen LogP contribution is -2.30. The standard InChI is InChI=1S/C15H17NO2S/c1-10-8-14(19-11(10)2)15(18)16-13(9-17)12-6-4-3-5-7-12/h3-8,13,17H,9H2,1-2H3,(H,16,18). The normalized spacial score (nSPS) is 12.2. The van der Waals surface area contributed by atoms with Gasteiger partial charge in [0.25, 0.3) is 5.91 Å². The number of amides is 1. The van der Waals surface area contributed by atoms with E-state index < -0.39 is 0 Å². The average Bonchev–Trinajstić information content (AvgIpc) is 2.77. The van der Waals surface area contributed by atoms with E-state index in [0.717, 1.165) is 16.0 Å². The molecule has 2 N–H and O–H groups in total. The Balaban J connectivity index is 2.13. The number of benzene rings is 1. The summed E-state index contributed by atoms with van der Waals surface area (Å²) in [5.74, 6) is -0.135. The van der Waals surface area contributed by atoms with Gasteiger partial charge in [-0.25, -0.2) is 0 Å². The number of aliphatic hydroxyl groups is 1. The molecule has 0 saturated carbocycles. The summed E-state index contributed by atoms with van der Waals surface area (Å²) in [4.78, 5) is 14.0. The van der Waals surface area contributed by atoms with Crippen LogP contribution in [0.4, 0.5) is 0 Å². The van der Waals surface area contributed by atoms with Gasteiger partial charge in [0.05, 0.1) is 17.5 Å². The summed E-state index contributed by atoms with van der Waals surface area (Å²) < 4.78 is 0. The van der Waals surface area contributed by atoms with Crippen LogP contribution in [-0.2, 0) is 0 Å². The van der Waals surface area contributed by atoms with E-state index in [-0.39, 0.29) is 18.6 Å². The fraction of sp³-hybridized carbons (Fsp3) is 0.267. The fourth-order valence-corrected chi connectivity index (χ4v) is 2.77. The number of hydrogen-bond donors (Lipinski definition) is 2. The molecule has 1 amide bonds. The second-order valence-electron chi connectivity index (χ2n) is 4.47. The maximum atomic E-state index is 12.1. The van der Waals surface area contributed by atoms with Crippen molar-refractivity contribution in [2.45, 2.75) is 19.9 Å². The minimum Gasteiger partial charge on any atom is -0.394 e. The Morgan fingerprint density at radius 3 is 2.53 bits per heavy atom. The van der Waals surface area contributed by atoms with Crippen LogP contribution in [-0.4, -0.2) is 17.6 Å². The minimum atomic E-state index is -0.364. The smallest absolute Gasteiger partial charge is 0.261 e. The van der Waals surface area contributed by atoms with Gasteiger partial charge in [-0.3, -0.25) is 4.79 Å². The first kappa shape index (κ1) is 13.8. The summed E-state index contributed by atoms with van der Waals surface area (Å²) in [6, 6.07) is 11.0. The number of hydrogen-bond acceptors (Lipinski definition) is 3. The molecule has 0 radical (unpaired) electrons. The first-order valence-corrected chi connectivity index (χ1v) is 6.97. The largest absolute Gasteiger partial charge is 0.394 e. The molecule has 0 spiro atoms. The first-order chi connectivity index (χ1) is 9.11. The van der Waals surface area contributed by atoms with Gasteiger partial charge in [-0.05, 0) is 31.0 Å². The van der Waals surface area contributed by atoms with Crippen LogP contribution in [0.3, 0.4) is 0 Å². The van der Waals surface area contributed by atoms with Crippen molar-refractivity contribution in [1.29, 1.82) is 0 Å². The maximum Gasteiger partial charge on any atom is 0.261 e. The van der Waals surface area contributed by atoms with Gasteiger partial charge < -0.3 is 10.4 Å². The van der Waals surface area contributed by atoms with E-state index in [1.54, 1.807) is 0 Å². The van der Waals surface area contributed by atoms with E-state index in [0.29, 0.717) is 4.88 Å². The molecule has 1 heterocycles. The van der Waals surface area contributed by atoms with Gasteiger partial charge in [0.15, 0.2) is 0 Å². The number of thiophene rings is 1. The van der Waals surface area contributed by atoms with Gasteiger partial charge >= 0.3 is 0 Å². The van der Waals surface area contributed by atoms with Crippen molar-refractivity contribution < 1.29 is 9.90 Å². The zero-order valence-electron chi connectivity index (χ0n) is 11.0. The van der Waals surface area contributed by atoms with Gasteiger partial charge in [0.1, 0.15) is 0 Å². The lowest BCUT2D eigenvalue weighted by Gasteiger charge is -2.16. The molecule has 4 heteroatoms. The van der Waals surface area contributed by atoms with E-state index >= 15 is 0 Å². The number of aryl methyl sites for hydroxylation is 2. The summed E-state index contributed by atoms with van der Waals surface area (Å²) >= 11 is 1.48. The Hall–Kier alpha value is -1.65. The van der Waals surface area contributed by atoms with Crippen molar-refractivity contribution in [3.05, 3.63) is 57.3 Å². The molecule has 0 aliphatic rings. The number of carbonyl (C=O) groups excluding carboxylic acids is 1. The van der Waals surface area contributed by atoms with E-state index in [1.165, 1.54) is 11.3 Å². The van der Waals surface area contributed by atoms with Crippen LogP contribution in [0, 0.1) is 13.8 Å². The third-order valence-electron chi connectivity index (χ3n) is 3.08. The Morgan fingerprint density at radius 1 is 1.32 bits per heavy atom. The molecular weight excluding hydrogens is 258 g/mol. The van der Waals surface area contributed by atoms with Crippen LogP contribution in [0.15, 0.2) is 36.4 Å². The lowest BCUT2D eigenvalue weighted by atomic mass is 10.1. The van der Waals surface area contributed by atoms with Crippen molar-refractivity contribution in [2.75, 3.05) is 6.61 Å². The van der Waals surface area contributed by atoms with Gasteiger partial charge in [-0.15, -0.1) is 11.3 Å². The number of aliphatic hydroxyl groups excluding tert-OH is 1. The molecular formula is C15H17NO2S. The summed E-state index contributed by atoms with van der Waals surface area (Å²) in [5.41, 5.74) is 2.03. The van der Waals surface area contributed by atoms with Crippen molar-refractivity contribution in [1.82, 2.24) is 5.32 Å². The third kappa shape index (κ3) is 3.22. The average molecular weight is 275 g/mol. The quantitative estimate of drug-likeness (QED) is 0.901. The summed E-state index contributed by atoms with van der Waals surface area (Å²) in [6.45, 7) is 3.87. The Morgan fingerprint density at radius 2 is 2.00 bits per heavy atom. The summed E-state index contributed by atoms with van der Waals surface area (Å²) in [6.07, 6.45) is 0. The number of carbonyl (C=O) groups is 1. The highest BCUT2D eigenvalue weighted by atomic mass is 32.1. The minimum absolute atomic E-state index is 0.112. The van der Waals surface area contributed by atoms with Crippen LogP contribution in [0.1, 0.15) is 31.7 Å². The molecule has 0 aliphatic carbocycles. The summed E-state index contributed by atoms with van der Waals surface area (Å²) in [5, 5.41) is 12.3. The third-order valence-corrected chi connectivity index (χ3v) is 4.23. The fourth-order valence-electron chi connectivity index (χ4n) is 1.83. The molecule has 1 aromatic carbocycles. The zero-order chi connectivity index (χ0) is 13.8. The topological polar surface area (TPSA) is 49.3 Å². The second-order valence-corrected chi connectivity index (χ2v) is 5.73. The molecule has 2 rings (SSSR count). The summed E-state index contributed by atoms with van der Waals surface area (Å²) in [7, 11) is 0. The van der Waals surface area contributed by atoms with Crippen LogP contribution in [0.5, 0.6) is 0 Å². The molecule has 0 bridgehead atoms. The second kappa shape index (κ2) is 5.99. The van der Waals surface area contributed by atoms with Crippen LogP contribution in [0.25, 0.3) is 0 Å². The molecule has 19 heavy (non-hydrogen) atoms. The van der Waals surface area contributed by atoms with Crippen molar-refractivity contribution in [3.8, 4) is 0 Å². The van der Waals surface area contributed by atoms with E-state index in [2.05, 4.69) is 5.32 Å².